The Morgan fingerprint density at radius 3 is 2.95 bits per heavy atom. The molecule has 0 fully saturated rings. The van der Waals surface area contributed by atoms with Crippen LogP contribution in [0.1, 0.15) is 36.1 Å². The van der Waals surface area contributed by atoms with Crippen LogP contribution < -0.4 is 5.32 Å². The van der Waals surface area contributed by atoms with Crippen molar-refractivity contribution in [3.63, 3.8) is 0 Å². The molecule has 0 atom stereocenters. The fraction of sp³-hybridized carbons (Fsp3) is 0.462. The third-order valence-corrected chi connectivity index (χ3v) is 2.78. The number of carbonyl (C=O) groups is 2. The van der Waals surface area contributed by atoms with Crippen LogP contribution in [0.2, 0.25) is 0 Å². The maximum absolute atomic E-state index is 11.9. The summed E-state index contributed by atoms with van der Waals surface area (Å²) in [7, 11) is 0. The van der Waals surface area contributed by atoms with E-state index in [4.69, 9.17) is 4.74 Å². The predicted octanol–water partition coefficient (Wildman–Crippen LogP) is 0.506. The maximum Gasteiger partial charge on any atom is 0.305 e. The summed E-state index contributed by atoms with van der Waals surface area (Å²) in [6.07, 6.45) is 2.39. The first kappa shape index (κ1) is 14.9. The highest BCUT2D eigenvalue weighted by Crippen LogP contribution is 2.01. The number of fused-ring (bicyclic) bond motifs is 1. The number of aromatic nitrogens is 4. The van der Waals surface area contributed by atoms with Gasteiger partial charge in [-0.3, -0.25) is 9.59 Å². The fourth-order valence-electron chi connectivity index (χ4n) is 1.75. The van der Waals surface area contributed by atoms with E-state index in [0.717, 1.165) is 5.69 Å². The fourth-order valence-corrected chi connectivity index (χ4v) is 1.75. The SMILES string of the molecule is CCOC(=O)CCCNC(=O)c1nc2nccc(C)n2n1. The number of carbonyl (C=O) groups excluding carboxylic acids is 2. The molecule has 2 heterocycles. The van der Waals surface area contributed by atoms with Crippen LogP contribution in [0.25, 0.3) is 5.78 Å². The predicted molar refractivity (Wildman–Crippen MR) is 73.7 cm³/mol. The molecule has 1 N–H and O–H groups in total. The normalized spacial score (nSPS) is 10.6. The topological polar surface area (TPSA) is 98.5 Å². The number of rotatable bonds is 6. The molecular weight excluding hydrogens is 274 g/mol. The minimum absolute atomic E-state index is 0.0629. The summed E-state index contributed by atoms with van der Waals surface area (Å²) in [6.45, 7) is 4.33. The number of ether oxygens (including phenoxy) is 1. The molecule has 1 amide bonds. The zero-order chi connectivity index (χ0) is 15.2. The van der Waals surface area contributed by atoms with Crippen LogP contribution in [0, 0.1) is 6.92 Å². The van der Waals surface area contributed by atoms with Gasteiger partial charge >= 0.3 is 5.97 Å². The van der Waals surface area contributed by atoms with Gasteiger partial charge < -0.3 is 10.1 Å². The molecule has 0 unspecified atom stereocenters. The first-order valence-electron chi connectivity index (χ1n) is 6.74. The summed E-state index contributed by atoms with van der Waals surface area (Å²) in [5, 5.41) is 6.76. The minimum atomic E-state index is -0.385. The third-order valence-electron chi connectivity index (χ3n) is 2.78. The van der Waals surface area contributed by atoms with Crippen LogP contribution in [0.4, 0.5) is 0 Å². The van der Waals surface area contributed by atoms with Gasteiger partial charge in [0.2, 0.25) is 5.82 Å². The summed E-state index contributed by atoms with van der Waals surface area (Å²) in [4.78, 5) is 31.1. The Bertz CT molecular complexity index is 652. The van der Waals surface area contributed by atoms with E-state index in [0.29, 0.717) is 25.4 Å². The molecule has 8 heteroatoms. The molecule has 0 aromatic carbocycles. The molecule has 0 saturated heterocycles. The van der Waals surface area contributed by atoms with E-state index in [1.165, 1.54) is 4.52 Å². The van der Waals surface area contributed by atoms with Crippen molar-refractivity contribution in [1.29, 1.82) is 0 Å². The third kappa shape index (κ3) is 3.74. The minimum Gasteiger partial charge on any atom is -0.466 e. The smallest absolute Gasteiger partial charge is 0.305 e. The molecule has 0 bridgehead atoms. The Morgan fingerprint density at radius 1 is 1.43 bits per heavy atom. The van der Waals surface area contributed by atoms with E-state index >= 15 is 0 Å². The van der Waals surface area contributed by atoms with Crippen LogP contribution >= 0.6 is 0 Å². The van der Waals surface area contributed by atoms with Gasteiger partial charge in [0, 0.05) is 24.9 Å². The van der Waals surface area contributed by atoms with E-state index in [-0.39, 0.29) is 24.1 Å². The van der Waals surface area contributed by atoms with Crippen molar-refractivity contribution < 1.29 is 14.3 Å². The molecule has 8 nitrogen and oxygen atoms in total. The number of nitrogens with zero attached hydrogens (tertiary/aromatic N) is 4. The number of nitrogens with one attached hydrogen (secondary N) is 1. The molecule has 0 aliphatic carbocycles. The number of hydrogen-bond acceptors (Lipinski definition) is 6. The molecule has 2 aromatic heterocycles. The van der Waals surface area contributed by atoms with Crippen LogP contribution in [-0.4, -0.2) is 44.6 Å². The number of esters is 1. The van der Waals surface area contributed by atoms with Crippen molar-refractivity contribution in [2.45, 2.75) is 26.7 Å². The van der Waals surface area contributed by atoms with Crippen LogP contribution in [-0.2, 0) is 9.53 Å². The van der Waals surface area contributed by atoms with Gasteiger partial charge in [-0.15, -0.1) is 5.10 Å². The Kier molecular flexibility index (Phi) is 4.81. The lowest BCUT2D eigenvalue weighted by Crippen LogP contribution is -2.26. The summed E-state index contributed by atoms with van der Waals surface area (Å²) in [5.74, 6) is -0.208. The Hall–Kier alpha value is -2.51. The molecule has 21 heavy (non-hydrogen) atoms. The second-order valence-corrected chi connectivity index (χ2v) is 4.40. The molecule has 0 spiro atoms. The van der Waals surface area contributed by atoms with Crippen molar-refractivity contribution in [3.05, 3.63) is 23.8 Å². The van der Waals surface area contributed by atoms with Gasteiger partial charge in [-0.2, -0.15) is 4.98 Å². The highest BCUT2D eigenvalue weighted by atomic mass is 16.5. The second kappa shape index (κ2) is 6.78. The Labute approximate surface area is 121 Å². The van der Waals surface area contributed by atoms with Crippen molar-refractivity contribution in [2.75, 3.05) is 13.2 Å². The zero-order valence-electron chi connectivity index (χ0n) is 12.0. The monoisotopic (exact) mass is 291 g/mol. The second-order valence-electron chi connectivity index (χ2n) is 4.40. The lowest BCUT2D eigenvalue weighted by Gasteiger charge is -2.02. The average Bonchev–Trinajstić information content (AvgIpc) is 2.89. The first-order valence-corrected chi connectivity index (χ1v) is 6.74. The molecule has 0 aliphatic rings. The quantitative estimate of drug-likeness (QED) is 0.615. The standard InChI is InChI=1S/C13H17N5O3/c1-3-21-10(19)5-4-7-14-12(20)11-16-13-15-8-6-9(2)18(13)17-11/h6,8H,3-5,7H2,1-2H3,(H,14,20). The zero-order valence-corrected chi connectivity index (χ0v) is 12.0. The summed E-state index contributed by atoms with van der Waals surface area (Å²) in [5.41, 5.74) is 0.842. The Morgan fingerprint density at radius 2 is 2.24 bits per heavy atom. The highest BCUT2D eigenvalue weighted by molar-refractivity contribution is 5.90. The van der Waals surface area contributed by atoms with E-state index in [1.807, 2.05) is 6.92 Å². The lowest BCUT2D eigenvalue weighted by atomic mass is 10.3. The van der Waals surface area contributed by atoms with Crippen LogP contribution in [0.15, 0.2) is 12.3 Å². The van der Waals surface area contributed by atoms with Crippen LogP contribution in [0.3, 0.4) is 0 Å². The average molecular weight is 291 g/mol. The molecule has 2 aromatic rings. The van der Waals surface area contributed by atoms with Crippen molar-refractivity contribution in [2.24, 2.45) is 0 Å². The van der Waals surface area contributed by atoms with E-state index < -0.39 is 0 Å². The van der Waals surface area contributed by atoms with E-state index in [2.05, 4.69) is 20.4 Å². The molecule has 112 valence electrons. The summed E-state index contributed by atoms with van der Waals surface area (Å²) >= 11 is 0. The number of amides is 1. The van der Waals surface area contributed by atoms with Gasteiger partial charge in [0.25, 0.3) is 11.7 Å². The number of hydrogen-bond donors (Lipinski definition) is 1. The van der Waals surface area contributed by atoms with Gasteiger partial charge in [-0.1, -0.05) is 0 Å². The van der Waals surface area contributed by atoms with Gasteiger partial charge in [0.15, 0.2) is 0 Å². The lowest BCUT2D eigenvalue weighted by molar-refractivity contribution is -0.143. The summed E-state index contributed by atoms with van der Waals surface area (Å²) < 4.78 is 6.31. The first-order chi connectivity index (χ1) is 10.1. The Balaban J connectivity index is 1.88. The molecule has 0 aliphatic heterocycles. The number of aryl methyl sites for hydroxylation is 1. The maximum atomic E-state index is 11.9. The van der Waals surface area contributed by atoms with E-state index in [1.54, 1.807) is 19.2 Å². The van der Waals surface area contributed by atoms with Crippen molar-refractivity contribution >= 4 is 17.7 Å². The molecule has 2 rings (SSSR count). The largest absolute Gasteiger partial charge is 0.466 e. The van der Waals surface area contributed by atoms with Crippen molar-refractivity contribution in [1.82, 2.24) is 24.9 Å². The van der Waals surface area contributed by atoms with Gasteiger partial charge in [0.05, 0.1) is 6.61 Å². The summed E-state index contributed by atoms with van der Waals surface area (Å²) in [6, 6.07) is 1.78. The molecule has 0 radical (unpaired) electrons. The molecule has 0 saturated carbocycles. The highest BCUT2D eigenvalue weighted by Gasteiger charge is 2.13. The van der Waals surface area contributed by atoms with Crippen LogP contribution in [0.5, 0.6) is 0 Å². The van der Waals surface area contributed by atoms with Gasteiger partial charge in [-0.05, 0) is 26.3 Å². The molecular formula is C13H17N5O3. The van der Waals surface area contributed by atoms with Crippen molar-refractivity contribution in [3.8, 4) is 0 Å². The van der Waals surface area contributed by atoms with E-state index in [9.17, 15) is 9.59 Å². The van der Waals surface area contributed by atoms with Gasteiger partial charge in [-0.25, -0.2) is 9.50 Å². The van der Waals surface area contributed by atoms with Gasteiger partial charge in [0.1, 0.15) is 0 Å².